The normalized spacial score (nSPS) is 19.7. The molecule has 118 valence electrons. The first-order chi connectivity index (χ1) is 9.96. The van der Waals surface area contributed by atoms with E-state index in [0.717, 1.165) is 30.6 Å². The van der Waals surface area contributed by atoms with E-state index in [4.69, 9.17) is 4.74 Å². The molecule has 1 aromatic rings. The molecular formula is C12H18N2O5S2. The van der Waals surface area contributed by atoms with Gasteiger partial charge in [-0.25, -0.2) is 18.2 Å². The van der Waals surface area contributed by atoms with Crippen molar-refractivity contribution in [3.63, 3.8) is 0 Å². The molecule has 1 fully saturated rings. The van der Waals surface area contributed by atoms with Gasteiger partial charge in [-0.15, -0.1) is 11.3 Å². The van der Waals surface area contributed by atoms with Crippen LogP contribution in [-0.4, -0.2) is 57.1 Å². The Morgan fingerprint density at radius 3 is 2.95 bits per heavy atom. The van der Waals surface area contributed by atoms with Gasteiger partial charge in [0, 0.05) is 20.2 Å². The number of carbonyl (C=O) groups is 1. The molecule has 0 bridgehead atoms. The van der Waals surface area contributed by atoms with Crippen LogP contribution in [-0.2, 0) is 19.5 Å². The predicted octanol–water partition coefficient (Wildman–Crippen LogP) is 1.12. The molecule has 0 aliphatic carbocycles. The van der Waals surface area contributed by atoms with Gasteiger partial charge in [0.15, 0.2) is 9.90 Å². The van der Waals surface area contributed by atoms with Crippen molar-refractivity contribution >= 4 is 27.3 Å². The number of aromatic nitrogens is 1. The van der Waals surface area contributed by atoms with Crippen LogP contribution in [0, 0.1) is 0 Å². The van der Waals surface area contributed by atoms with E-state index >= 15 is 0 Å². The molecule has 1 saturated heterocycles. The zero-order valence-electron chi connectivity index (χ0n) is 11.9. The van der Waals surface area contributed by atoms with E-state index in [2.05, 4.69) is 9.72 Å². The Kier molecular flexibility index (Phi) is 5.31. The van der Waals surface area contributed by atoms with Gasteiger partial charge in [-0.2, -0.15) is 4.31 Å². The summed E-state index contributed by atoms with van der Waals surface area (Å²) in [6.07, 6.45) is 2.78. The minimum absolute atomic E-state index is 0.0901. The van der Waals surface area contributed by atoms with Gasteiger partial charge in [-0.05, 0) is 19.3 Å². The number of nitrogens with zero attached hydrogens (tertiary/aromatic N) is 2. The summed E-state index contributed by atoms with van der Waals surface area (Å²) in [5, 5.41) is 0. The molecule has 21 heavy (non-hydrogen) atoms. The second-order valence-corrected chi connectivity index (χ2v) is 7.85. The maximum atomic E-state index is 12.5. The number of esters is 1. The highest BCUT2D eigenvalue weighted by molar-refractivity contribution is 7.91. The van der Waals surface area contributed by atoms with Crippen LogP contribution in [0.3, 0.4) is 0 Å². The number of methoxy groups -OCH3 is 1. The molecule has 9 heteroatoms. The van der Waals surface area contributed by atoms with Gasteiger partial charge in [0.1, 0.15) is 0 Å². The SMILES string of the molecule is COC(=O)c1ncsc1S(=O)(=O)N(C)CC1CCCCO1. The molecule has 1 atom stereocenters. The maximum absolute atomic E-state index is 12.5. The first-order valence-electron chi connectivity index (χ1n) is 6.56. The monoisotopic (exact) mass is 334 g/mol. The quantitative estimate of drug-likeness (QED) is 0.750. The molecule has 0 radical (unpaired) electrons. The summed E-state index contributed by atoms with van der Waals surface area (Å²) in [6, 6.07) is 0. The van der Waals surface area contributed by atoms with E-state index in [1.165, 1.54) is 24.0 Å². The highest BCUT2D eigenvalue weighted by Gasteiger charge is 2.31. The van der Waals surface area contributed by atoms with Crippen LogP contribution in [0.15, 0.2) is 9.72 Å². The van der Waals surface area contributed by atoms with Crippen LogP contribution < -0.4 is 0 Å². The first kappa shape index (κ1) is 16.3. The molecule has 7 nitrogen and oxygen atoms in total. The number of sulfonamides is 1. The van der Waals surface area contributed by atoms with Crippen molar-refractivity contribution in [2.45, 2.75) is 29.6 Å². The average molecular weight is 334 g/mol. The van der Waals surface area contributed by atoms with Crippen LogP contribution in [0.5, 0.6) is 0 Å². The lowest BCUT2D eigenvalue weighted by atomic mass is 10.1. The van der Waals surface area contributed by atoms with Gasteiger partial charge >= 0.3 is 5.97 Å². The zero-order chi connectivity index (χ0) is 15.5. The molecule has 0 amide bonds. The highest BCUT2D eigenvalue weighted by atomic mass is 32.2. The summed E-state index contributed by atoms with van der Waals surface area (Å²) in [7, 11) is -1.10. The summed E-state index contributed by atoms with van der Waals surface area (Å²) in [6.45, 7) is 0.924. The summed E-state index contributed by atoms with van der Waals surface area (Å²) in [5.74, 6) is -0.753. The number of rotatable bonds is 5. The number of ether oxygens (including phenoxy) is 2. The number of likely N-dealkylation sites (N-methyl/N-ethyl adjacent to an activating group) is 1. The summed E-state index contributed by atoms with van der Waals surface area (Å²) >= 11 is 0.908. The lowest BCUT2D eigenvalue weighted by Crippen LogP contribution is -2.37. The molecule has 1 unspecified atom stereocenters. The van der Waals surface area contributed by atoms with E-state index in [1.54, 1.807) is 0 Å². The number of hydrogen-bond acceptors (Lipinski definition) is 7. The third kappa shape index (κ3) is 3.60. The number of carbonyl (C=O) groups excluding carboxylic acids is 1. The average Bonchev–Trinajstić information content (AvgIpc) is 2.97. The minimum Gasteiger partial charge on any atom is -0.464 e. The first-order valence-corrected chi connectivity index (χ1v) is 8.88. The molecule has 2 heterocycles. The van der Waals surface area contributed by atoms with Crippen molar-refractivity contribution in [1.29, 1.82) is 0 Å². The fourth-order valence-electron chi connectivity index (χ4n) is 2.13. The lowest BCUT2D eigenvalue weighted by molar-refractivity contribution is 0.00860. The van der Waals surface area contributed by atoms with Crippen molar-refractivity contribution in [2.24, 2.45) is 0 Å². The Labute approximate surface area is 127 Å². The van der Waals surface area contributed by atoms with Crippen molar-refractivity contribution in [1.82, 2.24) is 9.29 Å². The van der Waals surface area contributed by atoms with E-state index in [0.29, 0.717) is 6.61 Å². The van der Waals surface area contributed by atoms with Gasteiger partial charge in [-0.1, -0.05) is 0 Å². The fourth-order valence-corrected chi connectivity index (χ4v) is 4.65. The maximum Gasteiger partial charge on any atom is 0.358 e. The van der Waals surface area contributed by atoms with E-state index < -0.39 is 16.0 Å². The fraction of sp³-hybridized carbons (Fsp3) is 0.667. The van der Waals surface area contributed by atoms with Crippen LogP contribution in [0.1, 0.15) is 29.8 Å². The Morgan fingerprint density at radius 2 is 2.33 bits per heavy atom. The second-order valence-electron chi connectivity index (χ2n) is 4.75. The zero-order valence-corrected chi connectivity index (χ0v) is 13.6. The van der Waals surface area contributed by atoms with Crippen molar-refractivity contribution < 1.29 is 22.7 Å². The molecule has 1 aliphatic rings. The Hall–Kier alpha value is -1.03. The van der Waals surface area contributed by atoms with Gasteiger partial charge in [0.25, 0.3) is 10.0 Å². The second kappa shape index (κ2) is 6.82. The van der Waals surface area contributed by atoms with Gasteiger partial charge in [-0.3, -0.25) is 0 Å². The Balaban J connectivity index is 2.17. The molecule has 1 aromatic heterocycles. The van der Waals surface area contributed by atoms with E-state index in [9.17, 15) is 13.2 Å². The standard InChI is InChI=1S/C12H18N2O5S2/c1-14(7-9-5-3-4-6-19-9)21(16,17)12-10(11(15)18-2)13-8-20-12/h8-9H,3-7H2,1-2H3. The van der Waals surface area contributed by atoms with Gasteiger partial charge in [0.2, 0.25) is 0 Å². The number of hydrogen-bond donors (Lipinski definition) is 0. The largest absolute Gasteiger partial charge is 0.464 e. The van der Waals surface area contributed by atoms with Crippen LogP contribution in [0.4, 0.5) is 0 Å². The summed E-state index contributed by atoms with van der Waals surface area (Å²) in [4.78, 5) is 15.4. The van der Waals surface area contributed by atoms with Crippen LogP contribution in [0.25, 0.3) is 0 Å². The third-order valence-electron chi connectivity index (χ3n) is 3.29. The van der Waals surface area contributed by atoms with Gasteiger partial charge < -0.3 is 9.47 Å². The topological polar surface area (TPSA) is 85.8 Å². The Bertz CT molecular complexity index is 593. The molecule has 1 aliphatic heterocycles. The Morgan fingerprint density at radius 1 is 1.57 bits per heavy atom. The summed E-state index contributed by atoms with van der Waals surface area (Å²) in [5.41, 5.74) is 1.16. The predicted molar refractivity (Wildman–Crippen MR) is 76.9 cm³/mol. The molecule has 0 N–H and O–H groups in total. The van der Waals surface area contributed by atoms with Gasteiger partial charge in [0.05, 0.1) is 18.7 Å². The van der Waals surface area contributed by atoms with Crippen LogP contribution >= 0.6 is 11.3 Å². The summed E-state index contributed by atoms with van der Waals surface area (Å²) < 4.78 is 36.3. The molecule has 0 saturated carbocycles. The molecular weight excluding hydrogens is 316 g/mol. The molecule has 2 rings (SSSR count). The third-order valence-corrected chi connectivity index (χ3v) is 6.46. The minimum atomic E-state index is -3.77. The number of thiazole rings is 1. The van der Waals surface area contributed by atoms with Crippen LogP contribution in [0.2, 0.25) is 0 Å². The highest BCUT2D eigenvalue weighted by Crippen LogP contribution is 2.25. The van der Waals surface area contributed by atoms with Crippen molar-refractivity contribution in [3.8, 4) is 0 Å². The van der Waals surface area contributed by atoms with Crippen molar-refractivity contribution in [2.75, 3.05) is 27.3 Å². The molecule has 0 spiro atoms. The smallest absolute Gasteiger partial charge is 0.358 e. The van der Waals surface area contributed by atoms with Crippen molar-refractivity contribution in [3.05, 3.63) is 11.2 Å². The molecule has 0 aromatic carbocycles. The van der Waals surface area contributed by atoms with E-state index in [-0.39, 0.29) is 22.6 Å². The lowest BCUT2D eigenvalue weighted by Gasteiger charge is -2.26. The van der Waals surface area contributed by atoms with E-state index in [1.807, 2.05) is 0 Å².